The van der Waals surface area contributed by atoms with Crippen LogP contribution in [0.4, 0.5) is 4.39 Å². The number of hydrogen-bond donors (Lipinski definition) is 0. The van der Waals surface area contributed by atoms with Crippen molar-refractivity contribution in [3.05, 3.63) is 58.1 Å². The Labute approximate surface area is 108 Å². The molecule has 0 fully saturated rings. The summed E-state index contributed by atoms with van der Waals surface area (Å²) in [6, 6.07) is 7.79. The minimum Gasteiger partial charge on any atom is -0.480 e. The van der Waals surface area contributed by atoms with Gasteiger partial charge in [0.1, 0.15) is 12.4 Å². The summed E-state index contributed by atoms with van der Waals surface area (Å²) >= 11 is 0. The van der Waals surface area contributed by atoms with Gasteiger partial charge in [0.2, 0.25) is 5.88 Å². The molecule has 0 aliphatic rings. The van der Waals surface area contributed by atoms with Gasteiger partial charge >= 0.3 is 0 Å². The van der Waals surface area contributed by atoms with Crippen LogP contribution in [0.2, 0.25) is 0 Å². The molecule has 0 saturated heterocycles. The lowest BCUT2D eigenvalue weighted by Crippen LogP contribution is -2.26. The number of methoxy groups -OCH3 is 1. The number of nitrogens with zero attached hydrogens (tertiary/aromatic N) is 2. The van der Waals surface area contributed by atoms with Crippen molar-refractivity contribution in [1.82, 2.24) is 9.78 Å². The van der Waals surface area contributed by atoms with Crippen molar-refractivity contribution in [2.75, 3.05) is 7.11 Å². The molecule has 0 amide bonds. The summed E-state index contributed by atoms with van der Waals surface area (Å²) < 4.78 is 18.6. The van der Waals surface area contributed by atoms with E-state index < -0.39 is 11.4 Å². The van der Waals surface area contributed by atoms with E-state index in [4.69, 9.17) is 4.74 Å². The maximum absolute atomic E-state index is 12.7. The van der Waals surface area contributed by atoms with Crippen LogP contribution in [0.15, 0.2) is 41.2 Å². The molecule has 98 valence electrons. The Bertz CT molecular complexity index is 650. The minimum atomic E-state index is -0.423. The van der Waals surface area contributed by atoms with Gasteiger partial charge in [-0.3, -0.25) is 9.59 Å². The number of ketones is 1. The average molecular weight is 262 g/mol. The summed E-state index contributed by atoms with van der Waals surface area (Å²) in [5, 5.41) is 3.86. The first-order chi connectivity index (χ1) is 9.10. The van der Waals surface area contributed by atoms with E-state index in [0.717, 1.165) is 4.68 Å². The topological polar surface area (TPSA) is 61.2 Å². The number of hydrogen-bond acceptors (Lipinski definition) is 4. The second-order valence-corrected chi connectivity index (χ2v) is 3.80. The molecule has 19 heavy (non-hydrogen) atoms. The van der Waals surface area contributed by atoms with Gasteiger partial charge < -0.3 is 4.74 Å². The number of carbonyl (C=O) groups excluding carboxylic acids is 1. The zero-order valence-corrected chi connectivity index (χ0v) is 10.2. The molecule has 0 N–H and O–H groups in total. The zero-order valence-electron chi connectivity index (χ0n) is 10.2. The van der Waals surface area contributed by atoms with Gasteiger partial charge in [-0.15, -0.1) is 5.10 Å². The van der Waals surface area contributed by atoms with Crippen LogP contribution in [0.5, 0.6) is 5.88 Å². The SMILES string of the molecule is COc1ccc(=O)n(CC(=O)c2ccc(F)cc2)n1. The van der Waals surface area contributed by atoms with Crippen molar-refractivity contribution >= 4 is 5.78 Å². The lowest BCUT2D eigenvalue weighted by molar-refractivity contribution is 0.0965. The first kappa shape index (κ1) is 12.9. The van der Waals surface area contributed by atoms with Crippen LogP contribution >= 0.6 is 0 Å². The fourth-order valence-electron chi connectivity index (χ4n) is 1.52. The third-order valence-corrected chi connectivity index (χ3v) is 2.51. The monoisotopic (exact) mass is 262 g/mol. The summed E-state index contributed by atoms with van der Waals surface area (Å²) in [6.07, 6.45) is 0. The second kappa shape index (κ2) is 5.43. The van der Waals surface area contributed by atoms with Gasteiger partial charge in [0.05, 0.1) is 7.11 Å². The normalized spacial score (nSPS) is 10.2. The largest absolute Gasteiger partial charge is 0.480 e. The highest BCUT2D eigenvalue weighted by molar-refractivity contribution is 5.95. The number of benzene rings is 1. The van der Waals surface area contributed by atoms with Crippen molar-refractivity contribution in [3.8, 4) is 5.88 Å². The molecule has 0 aliphatic carbocycles. The molecule has 0 bridgehead atoms. The summed E-state index contributed by atoms with van der Waals surface area (Å²) in [6.45, 7) is -0.221. The molecule has 1 aromatic heterocycles. The molecular formula is C13H11FN2O3. The molecule has 0 saturated carbocycles. The highest BCUT2D eigenvalue weighted by Crippen LogP contribution is 2.05. The van der Waals surface area contributed by atoms with Gasteiger partial charge in [0, 0.05) is 17.7 Å². The Morgan fingerprint density at radius 3 is 2.58 bits per heavy atom. The van der Waals surface area contributed by atoms with Crippen LogP contribution < -0.4 is 10.3 Å². The molecule has 1 heterocycles. The van der Waals surface area contributed by atoms with Gasteiger partial charge in [-0.2, -0.15) is 0 Å². The van der Waals surface area contributed by atoms with Crippen LogP contribution in [0.3, 0.4) is 0 Å². The smallest absolute Gasteiger partial charge is 0.267 e. The van der Waals surface area contributed by atoms with Gasteiger partial charge in [0.25, 0.3) is 5.56 Å². The predicted molar refractivity (Wildman–Crippen MR) is 65.8 cm³/mol. The lowest BCUT2D eigenvalue weighted by Gasteiger charge is -2.05. The molecule has 1 aromatic carbocycles. The van der Waals surface area contributed by atoms with E-state index >= 15 is 0 Å². The van der Waals surface area contributed by atoms with Crippen molar-refractivity contribution < 1.29 is 13.9 Å². The molecular weight excluding hydrogens is 251 g/mol. The second-order valence-electron chi connectivity index (χ2n) is 3.80. The Balaban J connectivity index is 2.23. The molecule has 0 unspecified atom stereocenters. The van der Waals surface area contributed by atoms with Crippen molar-refractivity contribution in [2.45, 2.75) is 6.54 Å². The van der Waals surface area contributed by atoms with Crippen molar-refractivity contribution in [3.63, 3.8) is 0 Å². The average Bonchev–Trinajstić information content (AvgIpc) is 2.42. The summed E-state index contributed by atoms with van der Waals surface area (Å²) in [5.74, 6) is -0.511. The molecule has 6 heteroatoms. The number of halogens is 1. The highest BCUT2D eigenvalue weighted by atomic mass is 19.1. The van der Waals surface area contributed by atoms with E-state index in [1.54, 1.807) is 0 Å². The standard InChI is InChI=1S/C13H11FN2O3/c1-19-12-6-7-13(18)16(15-12)8-11(17)9-2-4-10(14)5-3-9/h2-7H,8H2,1H3. The van der Waals surface area contributed by atoms with E-state index in [9.17, 15) is 14.0 Å². The van der Waals surface area contributed by atoms with Crippen LogP contribution in [0.25, 0.3) is 0 Å². The van der Waals surface area contributed by atoms with Crippen molar-refractivity contribution in [1.29, 1.82) is 0 Å². The van der Waals surface area contributed by atoms with Gasteiger partial charge in [0.15, 0.2) is 5.78 Å². The quantitative estimate of drug-likeness (QED) is 0.778. The molecule has 2 aromatic rings. The van der Waals surface area contributed by atoms with E-state index in [-0.39, 0.29) is 18.2 Å². The third-order valence-electron chi connectivity index (χ3n) is 2.51. The Hall–Kier alpha value is -2.50. The molecule has 0 aliphatic heterocycles. The maximum Gasteiger partial charge on any atom is 0.267 e. The number of carbonyl (C=O) groups is 1. The van der Waals surface area contributed by atoms with Crippen LogP contribution in [-0.4, -0.2) is 22.7 Å². The summed E-state index contributed by atoms with van der Waals surface area (Å²) in [4.78, 5) is 23.5. The predicted octanol–water partition coefficient (Wildman–Crippen LogP) is 1.27. The molecule has 0 atom stereocenters. The van der Waals surface area contributed by atoms with E-state index in [1.807, 2.05) is 0 Å². The molecule has 0 radical (unpaired) electrons. The number of rotatable bonds is 4. The summed E-state index contributed by atoms with van der Waals surface area (Å²) in [5.41, 5.74) is -0.0887. The van der Waals surface area contributed by atoms with Crippen LogP contribution in [0.1, 0.15) is 10.4 Å². The fraction of sp³-hybridized carbons (Fsp3) is 0.154. The highest BCUT2D eigenvalue weighted by Gasteiger charge is 2.09. The van der Waals surface area contributed by atoms with Gasteiger partial charge in [-0.05, 0) is 24.3 Å². The first-order valence-corrected chi connectivity index (χ1v) is 5.51. The maximum atomic E-state index is 12.7. The third kappa shape index (κ3) is 3.04. The van der Waals surface area contributed by atoms with Gasteiger partial charge in [-0.25, -0.2) is 9.07 Å². The van der Waals surface area contributed by atoms with Crippen LogP contribution in [0, 0.1) is 5.82 Å². The molecule has 2 rings (SSSR count). The van der Waals surface area contributed by atoms with Crippen LogP contribution in [-0.2, 0) is 6.54 Å². The summed E-state index contributed by atoms with van der Waals surface area (Å²) in [7, 11) is 1.42. The van der Waals surface area contributed by atoms with Gasteiger partial charge in [-0.1, -0.05) is 0 Å². The first-order valence-electron chi connectivity index (χ1n) is 5.51. The lowest BCUT2D eigenvalue weighted by atomic mass is 10.1. The van der Waals surface area contributed by atoms with E-state index in [2.05, 4.69) is 5.10 Å². The number of aromatic nitrogens is 2. The van der Waals surface area contributed by atoms with E-state index in [1.165, 1.54) is 43.5 Å². The fourth-order valence-corrected chi connectivity index (χ4v) is 1.52. The zero-order chi connectivity index (χ0) is 13.8. The Morgan fingerprint density at radius 1 is 1.26 bits per heavy atom. The van der Waals surface area contributed by atoms with Crippen molar-refractivity contribution in [2.24, 2.45) is 0 Å². The number of Topliss-reactive ketones (excluding diaryl/α,β-unsaturated/α-hetero) is 1. The molecule has 0 spiro atoms. The molecule has 5 nitrogen and oxygen atoms in total. The Morgan fingerprint density at radius 2 is 1.95 bits per heavy atom. The number of ether oxygens (including phenoxy) is 1. The van der Waals surface area contributed by atoms with E-state index in [0.29, 0.717) is 5.56 Å². The minimum absolute atomic E-state index is 0.221. The Kier molecular flexibility index (Phi) is 3.70.